The average Bonchev–Trinajstić information content (AvgIpc) is 2.27. The van der Waals surface area contributed by atoms with Gasteiger partial charge in [0.2, 0.25) is 0 Å². The number of nitrogens with one attached hydrogen (secondary N) is 1. The molecule has 0 saturated heterocycles. The van der Waals surface area contributed by atoms with Gasteiger partial charge < -0.3 is 0 Å². The largest absolute Gasteiger partial charge is 0.280 e. The predicted octanol–water partition coefficient (Wildman–Crippen LogP) is 3.24. The molecule has 0 aliphatic carbocycles. The van der Waals surface area contributed by atoms with Crippen molar-refractivity contribution in [2.24, 2.45) is 0 Å². The van der Waals surface area contributed by atoms with Crippen LogP contribution in [0.4, 0.5) is 10.1 Å². The molecule has 0 aliphatic rings. The quantitative estimate of drug-likeness (QED) is 0.937. The molecule has 0 atom stereocenters. The molecular weight excluding hydrogens is 265 g/mol. The van der Waals surface area contributed by atoms with Crippen LogP contribution in [0.1, 0.15) is 11.1 Å². The van der Waals surface area contributed by atoms with Crippen molar-refractivity contribution in [3.63, 3.8) is 0 Å². The van der Waals surface area contributed by atoms with Crippen LogP contribution in [0.3, 0.4) is 0 Å². The Hall–Kier alpha value is -1.88. The summed E-state index contributed by atoms with van der Waals surface area (Å²) in [6, 6.07) is 10.6. The monoisotopic (exact) mass is 279 g/mol. The van der Waals surface area contributed by atoms with Crippen LogP contribution in [-0.2, 0) is 10.0 Å². The van der Waals surface area contributed by atoms with Gasteiger partial charge in [0, 0.05) is 5.69 Å². The minimum atomic E-state index is -3.69. The molecular formula is C14H14FNO2S. The van der Waals surface area contributed by atoms with Gasteiger partial charge in [0.25, 0.3) is 10.0 Å². The maximum Gasteiger partial charge on any atom is 0.262 e. The summed E-state index contributed by atoms with van der Waals surface area (Å²) in [7, 11) is -3.69. The molecule has 2 rings (SSSR count). The lowest BCUT2D eigenvalue weighted by atomic mass is 10.2. The summed E-state index contributed by atoms with van der Waals surface area (Å²) in [5.74, 6) is -0.452. The molecule has 0 radical (unpaired) electrons. The summed E-state index contributed by atoms with van der Waals surface area (Å²) >= 11 is 0. The molecule has 5 heteroatoms. The Morgan fingerprint density at radius 1 is 1.05 bits per heavy atom. The van der Waals surface area contributed by atoms with E-state index in [0.717, 1.165) is 11.6 Å². The molecule has 1 N–H and O–H groups in total. The van der Waals surface area contributed by atoms with E-state index in [0.29, 0.717) is 11.3 Å². The SMILES string of the molecule is Cc1cccc(NS(=O)(=O)c2ccc(F)cc2C)c1. The summed E-state index contributed by atoms with van der Waals surface area (Å²) in [6.45, 7) is 3.44. The van der Waals surface area contributed by atoms with E-state index in [1.54, 1.807) is 25.1 Å². The molecule has 0 amide bonds. The highest BCUT2D eigenvalue weighted by atomic mass is 32.2. The standard InChI is InChI=1S/C14H14FNO2S/c1-10-4-3-5-13(8-10)16-19(17,18)14-7-6-12(15)9-11(14)2/h3-9,16H,1-2H3. The second-order valence-electron chi connectivity index (χ2n) is 4.38. The molecule has 2 aromatic carbocycles. The zero-order valence-electron chi connectivity index (χ0n) is 10.6. The summed E-state index contributed by atoms with van der Waals surface area (Å²) < 4.78 is 39.9. The second kappa shape index (κ2) is 5.01. The number of aryl methyl sites for hydroxylation is 2. The van der Waals surface area contributed by atoms with Crippen LogP contribution in [0, 0.1) is 19.7 Å². The number of hydrogen-bond acceptors (Lipinski definition) is 2. The Morgan fingerprint density at radius 2 is 1.79 bits per heavy atom. The number of rotatable bonds is 3. The summed E-state index contributed by atoms with van der Waals surface area (Å²) in [5.41, 5.74) is 1.82. The van der Waals surface area contributed by atoms with Crippen molar-refractivity contribution in [1.82, 2.24) is 0 Å². The van der Waals surface area contributed by atoms with Gasteiger partial charge in [0.1, 0.15) is 5.82 Å². The van der Waals surface area contributed by atoms with Crippen molar-refractivity contribution in [3.8, 4) is 0 Å². The first kappa shape index (κ1) is 13.5. The number of anilines is 1. The number of benzene rings is 2. The van der Waals surface area contributed by atoms with Crippen LogP contribution in [0.25, 0.3) is 0 Å². The van der Waals surface area contributed by atoms with Gasteiger partial charge in [-0.3, -0.25) is 4.72 Å². The van der Waals surface area contributed by atoms with Crippen molar-refractivity contribution in [3.05, 3.63) is 59.4 Å². The van der Waals surface area contributed by atoms with E-state index >= 15 is 0 Å². The van der Waals surface area contributed by atoms with Crippen molar-refractivity contribution in [1.29, 1.82) is 0 Å². The van der Waals surface area contributed by atoms with Crippen molar-refractivity contribution in [2.45, 2.75) is 18.7 Å². The number of hydrogen-bond donors (Lipinski definition) is 1. The van der Waals surface area contributed by atoms with E-state index < -0.39 is 15.8 Å². The molecule has 0 unspecified atom stereocenters. The highest BCUT2D eigenvalue weighted by molar-refractivity contribution is 7.92. The Bertz CT molecular complexity index is 711. The Kier molecular flexibility index (Phi) is 3.57. The van der Waals surface area contributed by atoms with Gasteiger partial charge in [-0.05, 0) is 55.3 Å². The third-order valence-corrected chi connectivity index (χ3v) is 4.24. The first-order chi connectivity index (χ1) is 8.88. The molecule has 0 aromatic heterocycles. The Morgan fingerprint density at radius 3 is 2.42 bits per heavy atom. The van der Waals surface area contributed by atoms with E-state index in [1.165, 1.54) is 12.1 Å². The van der Waals surface area contributed by atoms with Crippen LogP contribution in [0.15, 0.2) is 47.4 Å². The molecule has 19 heavy (non-hydrogen) atoms. The van der Waals surface area contributed by atoms with E-state index in [1.807, 2.05) is 13.0 Å². The molecule has 0 heterocycles. The molecule has 2 aromatic rings. The maximum absolute atomic E-state index is 13.0. The highest BCUT2D eigenvalue weighted by Crippen LogP contribution is 2.20. The summed E-state index contributed by atoms with van der Waals surface area (Å²) in [4.78, 5) is 0.0791. The lowest BCUT2D eigenvalue weighted by molar-refractivity contribution is 0.598. The zero-order chi connectivity index (χ0) is 14.0. The number of halogens is 1. The van der Waals surface area contributed by atoms with Crippen LogP contribution in [-0.4, -0.2) is 8.42 Å². The van der Waals surface area contributed by atoms with Crippen LogP contribution in [0.5, 0.6) is 0 Å². The summed E-state index contributed by atoms with van der Waals surface area (Å²) in [5, 5.41) is 0. The molecule has 0 saturated carbocycles. The van der Waals surface area contributed by atoms with Crippen LogP contribution in [0.2, 0.25) is 0 Å². The fraction of sp³-hybridized carbons (Fsp3) is 0.143. The molecule has 0 bridgehead atoms. The molecule has 3 nitrogen and oxygen atoms in total. The first-order valence-electron chi connectivity index (χ1n) is 5.74. The Balaban J connectivity index is 2.38. The van der Waals surface area contributed by atoms with Crippen LogP contribution < -0.4 is 4.72 Å². The van der Waals surface area contributed by atoms with E-state index in [-0.39, 0.29) is 4.90 Å². The van der Waals surface area contributed by atoms with E-state index in [4.69, 9.17) is 0 Å². The van der Waals surface area contributed by atoms with Gasteiger partial charge in [0.15, 0.2) is 0 Å². The van der Waals surface area contributed by atoms with Gasteiger partial charge in [0.05, 0.1) is 4.90 Å². The third kappa shape index (κ3) is 3.12. The molecule has 100 valence electrons. The Labute approximate surface area is 112 Å². The van der Waals surface area contributed by atoms with Crippen molar-refractivity contribution < 1.29 is 12.8 Å². The average molecular weight is 279 g/mol. The molecule has 0 aliphatic heterocycles. The van der Waals surface area contributed by atoms with Crippen molar-refractivity contribution >= 4 is 15.7 Å². The van der Waals surface area contributed by atoms with E-state index in [2.05, 4.69) is 4.72 Å². The normalized spacial score (nSPS) is 11.3. The van der Waals surface area contributed by atoms with Gasteiger partial charge in [-0.2, -0.15) is 0 Å². The highest BCUT2D eigenvalue weighted by Gasteiger charge is 2.17. The molecule has 0 spiro atoms. The predicted molar refractivity (Wildman–Crippen MR) is 73.1 cm³/mol. The number of sulfonamides is 1. The lowest BCUT2D eigenvalue weighted by Gasteiger charge is -2.10. The van der Waals surface area contributed by atoms with Gasteiger partial charge in [-0.15, -0.1) is 0 Å². The van der Waals surface area contributed by atoms with Crippen LogP contribution >= 0.6 is 0 Å². The fourth-order valence-electron chi connectivity index (χ4n) is 1.83. The zero-order valence-corrected chi connectivity index (χ0v) is 11.5. The lowest BCUT2D eigenvalue weighted by Crippen LogP contribution is -2.14. The summed E-state index contributed by atoms with van der Waals surface area (Å²) in [6.07, 6.45) is 0. The van der Waals surface area contributed by atoms with Gasteiger partial charge in [-0.25, -0.2) is 12.8 Å². The minimum Gasteiger partial charge on any atom is -0.280 e. The van der Waals surface area contributed by atoms with Crippen molar-refractivity contribution in [2.75, 3.05) is 4.72 Å². The van der Waals surface area contributed by atoms with Gasteiger partial charge in [-0.1, -0.05) is 12.1 Å². The third-order valence-electron chi connectivity index (χ3n) is 2.70. The minimum absolute atomic E-state index is 0.0791. The topological polar surface area (TPSA) is 46.2 Å². The smallest absolute Gasteiger partial charge is 0.262 e. The van der Waals surface area contributed by atoms with E-state index in [9.17, 15) is 12.8 Å². The first-order valence-corrected chi connectivity index (χ1v) is 7.22. The fourth-order valence-corrected chi connectivity index (χ4v) is 3.11. The second-order valence-corrected chi connectivity index (χ2v) is 6.04. The maximum atomic E-state index is 13.0. The van der Waals surface area contributed by atoms with Gasteiger partial charge >= 0.3 is 0 Å². The molecule has 0 fully saturated rings.